The van der Waals surface area contributed by atoms with E-state index >= 15 is 8.78 Å². The number of carboxylic acids is 1. The second-order valence-electron chi connectivity index (χ2n) is 20.3. The number of allylic oxidation sites excluding steroid dienone is 4. The number of aliphatic hydroxyl groups excluding tert-OH is 1. The smallest absolute Gasteiger partial charge is 0.341 e. The number of piperazine rings is 1. The first-order chi connectivity index (χ1) is 28.8. The molecular weight excluding hydrogens is 805 g/mol. The van der Waals surface area contributed by atoms with Gasteiger partial charge in [-0.25, -0.2) is 13.6 Å². The summed E-state index contributed by atoms with van der Waals surface area (Å²) in [5, 5.41) is 35.4. The Balaban J connectivity index is 0.000000172. The first-order valence-corrected chi connectivity index (χ1v) is 21.9. The molecule has 2 aromatic rings. The Morgan fingerprint density at radius 3 is 2.35 bits per heavy atom. The van der Waals surface area contributed by atoms with Crippen molar-refractivity contribution >= 4 is 34.1 Å². The second-order valence-corrected chi connectivity index (χ2v) is 20.3. The van der Waals surface area contributed by atoms with Crippen LogP contribution in [0.1, 0.15) is 115 Å². The molecule has 5 aliphatic carbocycles. The van der Waals surface area contributed by atoms with Crippen molar-refractivity contribution < 1.29 is 52.7 Å². The molecule has 13 nitrogen and oxygen atoms in total. The molecule has 2 aliphatic heterocycles. The highest BCUT2D eigenvalue weighted by Gasteiger charge is 2.81. The zero-order valence-electron chi connectivity index (χ0n) is 37.4. The number of Topliss-reactive ketones (excluding diaryl/α,β-unsaturated/α-hetero) is 1. The van der Waals surface area contributed by atoms with E-state index in [0.717, 1.165) is 12.8 Å². The maximum atomic E-state index is 17.3. The highest BCUT2D eigenvalue weighted by molar-refractivity contribution is 6.02. The van der Waals surface area contributed by atoms with Crippen LogP contribution in [-0.4, -0.2) is 105 Å². The fraction of sp³-hybridized carbons (Fsp3) is 0.660. The van der Waals surface area contributed by atoms with Gasteiger partial charge >= 0.3 is 5.97 Å². The normalized spacial score (nSPS) is 35.9. The van der Waals surface area contributed by atoms with Gasteiger partial charge in [0, 0.05) is 59.7 Å². The summed E-state index contributed by atoms with van der Waals surface area (Å²) in [6.45, 7) is 17.2. The number of benzene rings is 1. The van der Waals surface area contributed by atoms with Gasteiger partial charge in [0.1, 0.15) is 16.9 Å². The van der Waals surface area contributed by atoms with Gasteiger partial charge < -0.3 is 44.3 Å². The number of ether oxygens (including phenoxy) is 3. The number of alkyl halides is 1. The zero-order chi connectivity index (χ0) is 45.4. The predicted molar refractivity (Wildman–Crippen MR) is 227 cm³/mol. The Bertz CT molecular complexity index is 2400. The summed E-state index contributed by atoms with van der Waals surface area (Å²) >= 11 is 0. The SMILES string of the molecule is CC1(C)O[C@@H]2C[C@H]3[C@@H]4CCC5=CC(=O)C=C[C@]5(C)[C@@]4(F)[C@@H](O)C[C@]3(C)[C@]2(C(=O)C(C)(C)O)O1.COc1c(N2CCNC(C)C2)c(F)c(C)c2c(=O)c(C(=O)O)c(C)n(C3CC3)c12. The molecule has 0 amide bonds. The Labute approximate surface area is 360 Å². The number of ketones is 2. The molecule has 0 bridgehead atoms. The van der Waals surface area contributed by atoms with Crippen molar-refractivity contribution in [2.24, 2.45) is 22.7 Å². The lowest BCUT2D eigenvalue weighted by atomic mass is 9.44. The summed E-state index contributed by atoms with van der Waals surface area (Å²) in [4.78, 5) is 52.7. The van der Waals surface area contributed by atoms with Crippen LogP contribution in [0.15, 0.2) is 28.6 Å². The van der Waals surface area contributed by atoms with Crippen molar-refractivity contribution in [2.45, 2.75) is 148 Å². The van der Waals surface area contributed by atoms with Crippen LogP contribution in [-0.2, 0) is 19.1 Å². The molecule has 1 unspecified atom stereocenters. The van der Waals surface area contributed by atoms with E-state index in [9.17, 15) is 34.5 Å². The van der Waals surface area contributed by atoms with Gasteiger partial charge in [0.25, 0.3) is 0 Å². The summed E-state index contributed by atoms with van der Waals surface area (Å²) in [6.07, 6.45) is 5.67. The minimum Gasteiger partial charge on any atom is -0.492 e. The number of carbonyl (C=O) groups is 3. The number of rotatable bonds is 6. The number of carboxylic acid groups (broad SMARTS) is 1. The van der Waals surface area contributed by atoms with Gasteiger partial charge in [-0.1, -0.05) is 18.6 Å². The highest BCUT2D eigenvalue weighted by atomic mass is 19.1. The van der Waals surface area contributed by atoms with Crippen LogP contribution in [0.25, 0.3) is 10.9 Å². The van der Waals surface area contributed by atoms with Gasteiger partial charge in [-0.05, 0) is 112 Å². The van der Waals surface area contributed by atoms with Crippen molar-refractivity contribution in [1.82, 2.24) is 9.88 Å². The molecule has 338 valence electrons. The first kappa shape index (κ1) is 44.6. The fourth-order valence-electron chi connectivity index (χ4n) is 12.7. The Hall–Kier alpha value is -4.02. The van der Waals surface area contributed by atoms with Gasteiger partial charge in [-0.2, -0.15) is 0 Å². The molecule has 62 heavy (non-hydrogen) atoms. The summed E-state index contributed by atoms with van der Waals surface area (Å²) in [5.41, 5.74) is -6.03. The van der Waals surface area contributed by atoms with Gasteiger partial charge in [0.05, 0.1) is 30.2 Å². The second kappa shape index (κ2) is 14.5. The lowest BCUT2D eigenvalue weighted by Gasteiger charge is -2.63. The molecule has 0 radical (unpaired) electrons. The molecule has 6 fully saturated rings. The maximum Gasteiger partial charge on any atom is 0.341 e. The minimum atomic E-state index is -1.99. The highest BCUT2D eigenvalue weighted by Crippen LogP contribution is 2.72. The lowest BCUT2D eigenvalue weighted by Crippen LogP contribution is -2.71. The topological polar surface area (TPSA) is 177 Å². The van der Waals surface area contributed by atoms with Gasteiger partial charge in [0.15, 0.2) is 40.2 Å². The largest absolute Gasteiger partial charge is 0.492 e. The molecule has 4 N–H and O–H groups in total. The Kier molecular flexibility index (Phi) is 10.4. The van der Waals surface area contributed by atoms with E-state index in [-0.39, 0.29) is 46.7 Å². The molecule has 4 saturated carbocycles. The number of aromatic carboxylic acids is 1. The molecule has 3 heterocycles. The molecule has 15 heteroatoms. The van der Waals surface area contributed by atoms with Gasteiger partial charge in [0.2, 0.25) is 5.43 Å². The lowest BCUT2D eigenvalue weighted by molar-refractivity contribution is -0.249. The van der Waals surface area contributed by atoms with Crippen LogP contribution in [0.2, 0.25) is 0 Å². The van der Waals surface area contributed by atoms with Crippen molar-refractivity contribution in [3.05, 3.63) is 56.7 Å². The summed E-state index contributed by atoms with van der Waals surface area (Å²) in [5.74, 6) is -4.06. The quantitative estimate of drug-likeness (QED) is 0.275. The number of methoxy groups -OCH3 is 1. The van der Waals surface area contributed by atoms with Gasteiger partial charge in [-0.3, -0.25) is 14.4 Å². The molecule has 7 aliphatic rings. The number of nitrogens with zero attached hydrogens (tertiary/aromatic N) is 2. The third-order valence-corrected chi connectivity index (χ3v) is 15.5. The van der Waals surface area contributed by atoms with Crippen LogP contribution in [0, 0.1) is 42.3 Å². The summed E-state index contributed by atoms with van der Waals surface area (Å²) < 4.78 is 53.1. The van der Waals surface area contributed by atoms with E-state index in [2.05, 4.69) is 5.32 Å². The average Bonchev–Trinajstić information content (AvgIpc) is 3.93. The van der Waals surface area contributed by atoms with Crippen LogP contribution in [0.5, 0.6) is 5.75 Å². The number of anilines is 1. The van der Waals surface area contributed by atoms with Crippen molar-refractivity contribution in [3.63, 3.8) is 0 Å². The van der Waals surface area contributed by atoms with E-state index in [1.807, 2.05) is 23.3 Å². The standard InChI is InChI=1S/C26H35FO6.C21H26FN3O4/c1-21(2,31)20(30)26-19(32-22(3,4)33-26)12-17-16-8-7-14-11-15(28)9-10-23(14,5)25(16,27)18(29)13-24(17,26)6;1-10-9-24(8-7-23-10)18-16(22)11(2)14-17(20(18)29-4)25(13-5-6-13)12(3)15(19(14)26)21(27)28/h9-11,16-19,29,31H,7-8,12-13H2,1-6H3;10,13,23H,5-9H2,1-4H3,(H,27,28)/t16-,17-,18-,19+,23-,24-,25-,26-;/m0./s1. The van der Waals surface area contributed by atoms with E-state index in [4.69, 9.17) is 14.2 Å². The van der Waals surface area contributed by atoms with Crippen molar-refractivity contribution in [3.8, 4) is 5.75 Å². The molecule has 9 rings (SSSR count). The number of carbonyl (C=O) groups excluding carboxylic acids is 2. The molecule has 1 aromatic carbocycles. The van der Waals surface area contributed by atoms with E-state index in [0.29, 0.717) is 67.1 Å². The van der Waals surface area contributed by atoms with E-state index < -0.39 is 74.6 Å². The van der Waals surface area contributed by atoms with E-state index in [1.165, 1.54) is 33.1 Å². The number of nitrogens with one attached hydrogen (secondary N) is 1. The summed E-state index contributed by atoms with van der Waals surface area (Å²) in [7, 11) is 1.47. The first-order valence-electron chi connectivity index (χ1n) is 21.9. The van der Waals surface area contributed by atoms with Crippen molar-refractivity contribution in [1.29, 1.82) is 0 Å². The van der Waals surface area contributed by atoms with Crippen molar-refractivity contribution in [2.75, 3.05) is 31.6 Å². The van der Waals surface area contributed by atoms with Crippen LogP contribution in [0.3, 0.4) is 0 Å². The number of pyridine rings is 1. The monoisotopic (exact) mass is 865 g/mol. The average molecular weight is 866 g/mol. The van der Waals surface area contributed by atoms with Crippen LogP contribution >= 0.6 is 0 Å². The molecule has 2 saturated heterocycles. The van der Waals surface area contributed by atoms with E-state index in [1.54, 1.807) is 40.7 Å². The number of aliphatic hydroxyl groups is 2. The number of hydrogen-bond donors (Lipinski definition) is 4. The number of aromatic nitrogens is 1. The fourth-order valence-corrected chi connectivity index (χ4v) is 12.7. The maximum absolute atomic E-state index is 17.3. The molecule has 0 spiro atoms. The number of fused-ring (bicyclic) bond motifs is 8. The predicted octanol–water partition coefficient (Wildman–Crippen LogP) is 5.79. The Morgan fingerprint density at radius 2 is 1.76 bits per heavy atom. The zero-order valence-corrected chi connectivity index (χ0v) is 37.4. The third-order valence-electron chi connectivity index (χ3n) is 15.5. The number of aryl methyl sites for hydroxylation is 1. The number of halogens is 2. The molecular formula is C47H61F2N3O10. The Morgan fingerprint density at radius 1 is 1.08 bits per heavy atom. The molecule has 9 atom stereocenters. The molecule has 1 aromatic heterocycles. The third kappa shape index (κ3) is 6.14. The minimum absolute atomic E-state index is 0.00686. The number of hydrogen-bond acceptors (Lipinski definition) is 11. The van der Waals surface area contributed by atoms with Crippen LogP contribution < -0.4 is 20.4 Å². The summed E-state index contributed by atoms with van der Waals surface area (Å²) in [6, 6.07) is 0.273. The van der Waals surface area contributed by atoms with Crippen LogP contribution in [0.4, 0.5) is 14.5 Å². The van der Waals surface area contributed by atoms with Gasteiger partial charge in [-0.15, -0.1) is 0 Å².